The molecule has 0 aliphatic carbocycles. The van der Waals surface area contributed by atoms with Crippen LogP contribution in [0.5, 0.6) is 0 Å². The van der Waals surface area contributed by atoms with Crippen molar-refractivity contribution in [3.63, 3.8) is 0 Å². The maximum Gasteiger partial charge on any atom is 1.00 e. The molecule has 0 radical (unpaired) electrons. The first-order valence-corrected chi connectivity index (χ1v) is 4.56. The fraction of sp³-hybridized carbons (Fsp3) is 0. The molecule has 0 aromatic rings. The summed E-state index contributed by atoms with van der Waals surface area (Å²) in [7, 11) is -11.4. The molecule has 0 rings (SSSR count). The largest absolute Gasteiger partial charge is 1.00 e. The maximum atomic E-state index is 9.32. The van der Waals surface area contributed by atoms with Gasteiger partial charge >= 0.3 is 148 Å². The van der Waals surface area contributed by atoms with Crippen LogP contribution in [0.2, 0.25) is 0 Å². The summed E-state index contributed by atoms with van der Waals surface area (Å²) in [6.07, 6.45) is 0. The van der Waals surface area contributed by atoms with Crippen molar-refractivity contribution in [2.75, 3.05) is 0 Å². The Morgan fingerprint density at radius 2 is 0.812 bits per heavy atom. The second-order valence-electron chi connectivity index (χ2n) is 0.976. The molecule has 0 bridgehead atoms. The molecule has 0 aromatic heterocycles. The van der Waals surface area contributed by atoms with Crippen LogP contribution in [0.4, 0.5) is 0 Å². The van der Waals surface area contributed by atoms with E-state index in [1.165, 1.54) is 0 Å². The molecule has 0 atom stereocenters. The Morgan fingerprint density at radius 1 is 0.688 bits per heavy atom. The fourth-order valence-corrected chi connectivity index (χ4v) is 1.10. The molecule has 70 valence electrons. The molecule has 0 saturated heterocycles. The van der Waals surface area contributed by atoms with Gasteiger partial charge < -0.3 is 43.5 Å². The molecular weight excluding hydrogens is 321 g/mol. The first-order chi connectivity index (χ1) is 4.71. The normalized spacial score (nSPS) is 8.12. The molecule has 0 saturated carbocycles. The van der Waals surface area contributed by atoms with Gasteiger partial charge in [0.15, 0.2) is 0 Å². The number of rotatable bonds is 2. The summed E-state index contributed by atoms with van der Waals surface area (Å²) in [5.74, 6) is 0. The van der Waals surface area contributed by atoms with Gasteiger partial charge in [0.05, 0.1) is 15.6 Å². The number of hydrogen-bond acceptors (Lipinski definition) is 9. The van der Waals surface area contributed by atoms with E-state index in [-0.39, 0.29) is 148 Å². The predicted molar refractivity (Wildman–Crippen MR) is 18.9 cm³/mol. The van der Waals surface area contributed by atoms with Crippen LogP contribution in [-0.4, -0.2) is 5.26 Å². The topological polar surface area (TPSA) is 179 Å². The molecule has 1 N–H and O–H groups in total. The molecule has 0 amide bonds. The van der Waals surface area contributed by atoms with Gasteiger partial charge in [-0.1, -0.05) is 0 Å². The van der Waals surface area contributed by atoms with E-state index < -0.39 is 15.6 Å². The van der Waals surface area contributed by atoms with Crippen molar-refractivity contribution in [3.8, 4) is 0 Å². The Hall–Kier alpha value is 5.18. The molecule has 0 aliphatic rings. The van der Waals surface area contributed by atoms with Crippen LogP contribution < -0.4 is 173 Å². The second-order valence-corrected chi connectivity index (χ2v) is 3.42. The van der Waals surface area contributed by atoms with Crippen LogP contribution in [0.15, 0.2) is 0 Å². The molecular formula is HNa5O9P2. The summed E-state index contributed by atoms with van der Waals surface area (Å²) < 4.78 is 21.2. The van der Waals surface area contributed by atoms with Crippen LogP contribution in [0, 0.1) is 0 Å². The van der Waals surface area contributed by atoms with Gasteiger partial charge in [0.1, 0.15) is 0 Å². The van der Waals surface area contributed by atoms with Crippen LogP contribution in [-0.2, 0) is 13.4 Å². The van der Waals surface area contributed by atoms with Crippen molar-refractivity contribution in [1.82, 2.24) is 0 Å². The summed E-state index contributed by atoms with van der Waals surface area (Å²) in [4.78, 5) is 37.3. The number of phosphoric acid groups is 2. The third-order valence-corrected chi connectivity index (χ3v) is 1.80. The van der Waals surface area contributed by atoms with Gasteiger partial charge in [0.25, 0.3) is 0 Å². The van der Waals surface area contributed by atoms with E-state index in [1.54, 1.807) is 0 Å². The molecule has 16 heavy (non-hydrogen) atoms. The number of hydrogen-bond donors (Lipinski definition) is 1. The van der Waals surface area contributed by atoms with Gasteiger partial charge in [-0.15, -0.1) is 0 Å². The summed E-state index contributed by atoms with van der Waals surface area (Å²) in [6, 6.07) is 0. The molecule has 0 aromatic carbocycles. The monoisotopic (exact) mass is 322 g/mol. The first kappa shape index (κ1) is 42.9. The summed E-state index contributed by atoms with van der Waals surface area (Å²) in [6.45, 7) is 0. The minimum Gasteiger partial charge on any atom is -0.790 e. The first-order valence-electron chi connectivity index (χ1n) is 1.64. The van der Waals surface area contributed by atoms with E-state index in [9.17, 15) is 28.7 Å². The van der Waals surface area contributed by atoms with Crippen LogP contribution >= 0.6 is 15.6 Å². The van der Waals surface area contributed by atoms with E-state index in [4.69, 9.17) is 10.5 Å². The minimum absolute atomic E-state index is 0. The average molecular weight is 322 g/mol. The zero-order chi connectivity index (χ0) is 9.71. The zero-order valence-electron chi connectivity index (χ0n) is 9.61. The average Bonchev–Trinajstić information content (AvgIpc) is 1.60. The van der Waals surface area contributed by atoms with E-state index in [1.807, 2.05) is 0 Å². The van der Waals surface area contributed by atoms with Crippen molar-refractivity contribution in [3.05, 3.63) is 0 Å². The smallest absolute Gasteiger partial charge is 0.790 e. The molecule has 9 nitrogen and oxygen atoms in total. The third kappa shape index (κ3) is 50.7. The quantitative estimate of drug-likeness (QED) is 0.223. The minimum atomic E-state index is -5.68. The second kappa shape index (κ2) is 22.5. The van der Waals surface area contributed by atoms with Gasteiger partial charge in [-0.2, -0.15) is 0 Å². The molecule has 0 unspecified atom stereocenters. The summed E-state index contributed by atoms with van der Waals surface area (Å²) in [5, 5.41) is 13.0. The zero-order valence-corrected chi connectivity index (χ0v) is 21.4. The molecule has 0 spiro atoms. The Morgan fingerprint density at radius 3 is 0.812 bits per heavy atom. The standard InChI is InChI=1S/5Na.H4O7P2.H2O2/c;;;;;1-8(2,3)7-9(4,5)6;1-2/h;;;;;(H2,1,2,3)(H2,4,5,6);1-2H/q5*+1;;/p-5. The summed E-state index contributed by atoms with van der Waals surface area (Å²) >= 11 is 0. The van der Waals surface area contributed by atoms with E-state index in [0.717, 1.165) is 0 Å². The Balaban J connectivity index is -0.0000000219. The van der Waals surface area contributed by atoms with E-state index in [0.29, 0.717) is 0 Å². The third-order valence-electron chi connectivity index (χ3n) is 0.200. The van der Waals surface area contributed by atoms with Gasteiger partial charge in [0, 0.05) is 0 Å². The Kier molecular flexibility index (Phi) is 60.2. The molecule has 0 heterocycles. The van der Waals surface area contributed by atoms with Crippen molar-refractivity contribution in [2.45, 2.75) is 0 Å². The molecule has 0 fully saturated rings. The van der Waals surface area contributed by atoms with Crippen molar-refractivity contribution < 1.29 is 191 Å². The van der Waals surface area contributed by atoms with Crippen molar-refractivity contribution in [2.24, 2.45) is 0 Å². The van der Waals surface area contributed by atoms with Crippen molar-refractivity contribution >= 4 is 15.6 Å². The Labute approximate surface area is 202 Å². The molecule has 0 aliphatic heterocycles. The van der Waals surface area contributed by atoms with E-state index >= 15 is 0 Å². The Bertz CT molecular complexity index is 162. The van der Waals surface area contributed by atoms with E-state index in [2.05, 4.69) is 4.31 Å². The summed E-state index contributed by atoms with van der Waals surface area (Å²) in [5.41, 5.74) is 0. The van der Waals surface area contributed by atoms with Gasteiger partial charge in [-0.05, 0) is 0 Å². The van der Waals surface area contributed by atoms with Gasteiger partial charge in [-0.3, -0.25) is 0 Å². The molecule has 16 heteroatoms. The van der Waals surface area contributed by atoms with Crippen molar-refractivity contribution in [1.29, 1.82) is 0 Å². The van der Waals surface area contributed by atoms with Gasteiger partial charge in [0.2, 0.25) is 0 Å². The van der Waals surface area contributed by atoms with Crippen LogP contribution in [0.1, 0.15) is 0 Å². The fourth-order valence-electron chi connectivity index (χ4n) is 0.122. The van der Waals surface area contributed by atoms with Crippen LogP contribution in [0.3, 0.4) is 0 Å². The SMILES string of the molecule is O=P([O-])([O-])OP(=O)([O-])[O-].[Na+].[Na+].[Na+].[Na+].[Na+].[O-]O. The van der Waals surface area contributed by atoms with Crippen LogP contribution in [0.25, 0.3) is 0 Å². The maximum absolute atomic E-state index is 9.32. The van der Waals surface area contributed by atoms with Gasteiger partial charge in [-0.25, -0.2) is 0 Å². The predicted octanol–water partition coefficient (Wildman–Crippen LogP) is -19.5.